The lowest BCUT2D eigenvalue weighted by atomic mass is 9.96. The summed E-state index contributed by atoms with van der Waals surface area (Å²) in [5.74, 6) is 5.14. The van der Waals surface area contributed by atoms with Crippen LogP contribution in [0.4, 0.5) is 0 Å². The standard InChI is InChI=1S/C15H20N2O2/c1-15(2,3)11-17(4)14(19)13-12(8-6-10-18)7-5-9-16-13/h5,7,9,18H,10-11H2,1-4H3. The van der Waals surface area contributed by atoms with Crippen molar-refractivity contribution < 1.29 is 9.90 Å². The van der Waals surface area contributed by atoms with Crippen LogP contribution in [0.1, 0.15) is 36.8 Å². The first kappa shape index (κ1) is 15.2. The Kier molecular flexibility index (Phi) is 5.08. The van der Waals surface area contributed by atoms with Gasteiger partial charge in [-0.25, -0.2) is 4.98 Å². The maximum absolute atomic E-state index is 12.3. The molecule has 0 saturated heterocycles. The van der Waals surface area contributed by atoms with E-state index in [4.69, 9.17) is 5.11 Å². The van der Waals surface area contributed by atoms with Gasteiger partial charge < -0.3 is 10.0 Å². The molecule has 4 heteroatoms. The molecule has 0 aliphatic carbocycles. The highest BCUT2D eigenvalue weighted by atomic mass is 16.2. The molecule has 0 fully saturated rings. The van der Waals surface area contributed by atoms with Crippen molar-refractivity contribution in [3.8, 4) is 11.8 Å². The average Bonchev–Trinajstić information content (AvgIpc) is 2.33. The van der Waals surface area contributed by atoms with Crippen LogP contribution in [0, 0.1) is 17.3 Å². The van der Waals surface area contributed by atoms with Crippen LogP contribution in [0.2, 0.25) is 0 Å². The van der Waals surface area contributed by atoms with Crippen LogP contribution in [-0.2, 0) is 0 Å². The van der Waals surface area contributed by atoms with Crippen molar-refractivity contribution in [3.05, 3.63) is 29.6 Å². The van der Waals surface area contributed by atoms with Crippen LogP contribution in [0.3, 0.4) is 0 Å². The van der Waals surface area contributed by atoms with Crippen LogP contribution >= 0.6 is 0 Å². The second-order valence-electron chi connectivity index (χ2n) is 5.58. The predicted octanol–water partition coefficient (Wildman–Crippen LogP) is 1.54. The number of carbonyl (C=O) groups is 1. The van der Waals surface area contributed by atoms with Crippen LogP contribution < -0.4 is 0 Å². The fourth-order valence-electron chi connectivity index (χ4n) is 1.78. The summed E-state index contributed by atoms with van der Waals surface area (Å²) in [6.07, 6.45) is 1.57. The number of hydrogen-bond donors (Lipinski definition) is 1. The molecule has 1 aromatic heterocycles. The number of pyridine rings is 1. The van der Waals surface area contributed by atoms with Crippen molar-refractivity contribution in [2.75, 3.05) is 20.2 Å². The molecule has 102 valence electrons. The highest BCUT2D eigenvalue weighted by Crippen LogP contribution is 2.16. The Labute approximate surface area is 114 Å². The van der Waals surface area contributed by atoms with Gasteiger partial charge in [0.25, 0.3) is 5.91 Å². The number of aliphatic hydroxyl groups excluding tert-OH is 1. The van der Waals surface area contributed by atoms with E-state index >= 15 is 0 Å². The van der Waals surface area contributed by atoms with Gasteiger partial charge in [0.15, 0.2) is 0 Å². The van der Waals surface area contributed by atoms with Gasteiger partial charge in [0.1, 0.15) is 12.3 Å². The van der Waals surface area contributed by atoms with Gasteiger partial charge in [-0.3, -0.25) is 4.79 Å². The van der Waals surface area contributed by atoms with E-state index in [1.165, 1.54) is 0 Å². The number of hydrogen-bond acceptors (Lipinski definition) is 3. The fourth-order valence-corrected chi connectivity index (χ4v) is 1.78. The highest BCUT2D eigenvalue weighted by Gasteiger charge is 2.21. The van der Waals surface area contributed by atoms with E-state index < -0.39 is 0 Å². The molecule has 1 rings (SSSR count). The zero-order chi connectivity index (χ0) is 14.5. The first-order valence-corrected chi connectivity index (χ1v) is 6.15. The maximum atomic E-state index is 12.3. The summed E-state index contributed by atoms with van der Waals surface area (Å²) in [6, 6.07) is 3.45. The smallest absolute Gasteiger partial charge is 0.273 e. The predicted molar refractivity (Wildman–Crippen MR) is 74.6 cm³/mol. The lowest BCUT2D eigenvalue weighted by molar-refractivity contribution is 0.0739. The topological polar surface area (TPSA) is 53.4 Å². The molecule has 1 heterocycles. The summed E-state index contributed by atoms with van der Waals surface area (Å²) in [4.78, 5) is 18.1. The minimum atomic E-state index is -0.236. The largest absolute Gasteiger partial charge is 0.384 e. The third-order valence-corrected chi connectivity index (χ3v) is 2.37. The molecule has 0 aliphatic heterocycles. The highest BCUT2D eigenvalue weighted by molar-refractivity contribution is 5.94. The Bertz CT molecular complexity index is 507. The van der Waals surface area contributed by atoms with Gasteiger partial charge in [-0.2, -0.15) is 0 Å². The molecule has 0 bridgehead atoms. The third kappa shape index (κ3) is 4.72. The minimum Gasteiger partial charge on any atom is -0.384 e. The molecule has 1 N–H and O–H groups in total. The molecule has 0 aromatic carbocycles. The summed E-state index contributed by atoms with van der Waals surface area (Å²) in [5.41, 5.74) is 0.897. The van der Waals surface area contributed by atoms with Crippen molar-refractivity contribution in [2.45, 2.75) is 20.8 Å². The van der Waals surface area contributed by atoms with Gasteiger partial charge in [0.2, 0.25) is 0 Å². The number of rotatable bonds is 2. The van der Waals surface area contributed by atoms with Crippen LogP contribution in [0.15, 0.2) is 18.3 Å². The van der Waals surface area contributed by atoms with Crippen molar-refractivity contribution in [2.24, 2.45) is 5.41 Å². The van der Waals surface area contributed by atoms with Crippen LogP contribution in [0.5, 0.6) is 0 Å². The van der Waals surface area contributed by atoms with Crippen molar-refractivity contribution in [1.82, 2.24) is 9.88 Å². The molecule has 0 atom stereocenters. The summed E-state index contributed by atoms with van der Waals surface area (Å²) in [6.45, 7) is 6.61. The third-order valence-electron chi connectivity index (χ3n) is 2.37. The summed E-state index contributed by atoms with van der Waals surface area (Å²) < 4.78 is 0. The SMILES string of the molecule is CN(CC(C)(C)C)C(=O)c1ncccc1C#CCO. The number of amides is 1. The molecule has 1 aromatic rings. The Hall–Kier alpha value is -1.86. The van der Waals surface area contributed by atoms with Gasteiger partial charge in [0.05, 0.1) is 5.56 Å². The van der Waals surface area contributed by atoms with E-state index in [0.29, 0.717) is 17.8 Å². The van der Waals surface area contributed by atoms with E-state index in [2.05, 4.69) is 37.6 Å². The van der Waals surface area contributed by atoms with Gasteiger partial charge >= 0.3 is 0 Å². The van der Waals surface area contributed by atoms with E-state index in [-0.39, 0.29) is 17.9 Å². The number of aliphatic hydroxyl groups is 1. The van der Waals surface area contributed by atoms with Gasteiger partial charge in [0, 0.05) is 19.8 Å². The monoisotopic (exact) mass is 260 g/mol. The van der Waals surface area contributed by atoms with E-state index in [0.717, 1.165) is 0 Å². The van der Waals surface area contributed by atoms with Gasteiger partial charge in [-0.1, -0.05) is 32.6 Å². The molecule has 4 nitrogen and oxygen atoms in total. The first-order chi connectivity index (χ1) is 8.85. The molecule has 0 unspecified atom stereocenters. The molecule has 0 spiro atoms. The lowest BCUT2D eigenvalue weighted by Crippen LogP contribution is -2.35. The Morgan fingerprint density at radius 2 is 2.16 bits per heavy atom. The normalized spacial score (nSPS) is 10.6. The molecule has 19 heavy (non-hydrogen) atoms. The molecule has 0 saturated carbocycles. The first-order valence-electron chi connectivity index (χ1n) is 6.15. The van der Waals surface area contributed by atoms with E-state index in [9.17, 15) is 4.79 Å². The zero-order valence-electron chi connectivity index (χ0n) is 11.9. The molecule has 0 radical (unpaired) electrons. The Morgan fingerprint density at radius 1 is 1.47 bits per heavy atom. The number of nitrogens with zero attached hydrogens (tertiary/aromatic N) is 2. The van der Waals surface area contributed by atoms with Crippen LogP contribution in [-0.4, -0.2) is 41.1 Å². The van der Waals surface area contributed by atoms with Crippen molar-refractivity contribution >= 4 is 5.91 Å². The second kappa shape index (κ2) is 6.35. The van der Waals surface area contributed by atoms with Crippen molar-refractivity contribution in [1.29, 1.82) is 0 Å². The summed E-state index contributed by atoms with van der Waals surface area (Å²) >= 11 is 0. The van der Waals surface area contributed by atoms with Gasteiger partial charge in [-0.15, -0.1) is 0 Å². The quantitative estimate of drug-likeness (QED) is 0.821. The lowest BCUT2D eigenvalue weighted by Gasteiger charge is -2.26. The van der Waals surface area contributed by atoms with Crippen molar-refractivity contribution in [3.63, 3.8) is 0 Å². The maximum Gasteiger partial charge on any atom is 0.273 e. The summed E-state index contributed by atoms with van der Waals surface area (Å²) in [5, 5.41) is 8.73. The number of aromatic nitrogens is 1. The molecule has 1 amide bonds. The van der Waals surface area contributed by atoms with E-state index in [1.807, 2.05) is 0 Å². The number of carbonyl (C=O) groups excluding carboxylic acids is 1. The molecular weight excluding hydrogens is 240 g/mol. The minimum absolute atomic E-state index is 0.0239. The van der Waals surface area contributed by atoms with Gasteiger partial charge in [-0.05, 0) is 17.5 Å². The molecular formula is C15H20N2O2. The second-order valence-corrected chi connectivity index (χ2v) is 5.58. The zero-order valence-corrected chi connectivity index (χ0v) is 11.9. The Morgan fingerprint density at radius 3 is 2.74 bits per heavy atom. The van der Waals surface area contributed by atoms with E-state index in [1.54, 1.807) is 30.3 Å². The molecule has 0 aliphatic rings. The Balaban J connectivity index is 2.99. The fraction of sp³-hybridized carbons (Fsp3) is 0.467. The summed E-state index contributed by atoms with van der Waals surface area (Å²) in [7, 11) is 1.76. The van der Waals surface area contributed by atoms with Crippen LogP contribution in [0.25, 0.3) is 0 Å². The average molecular weight is 260 g/mol.